The Bertz CT molecular complexity index is 416. The van der Waals surface area contributed by atoms with Crippen molar-refractivity contribution in [2.24, 2.45) is 0 Å². The summed E-state index contributed by atoms with van der Waals surface area (Å²) < 4.78 is 32.9. The summed E-state index contributed by atoms with van der Waals surface area (Å²) in [4.78, 5) is 33.2. The van der Waals surface area contributed by atoms with Crippen LogP contribution in [0.5, 0.6) is 0 Å². The van der Waals surface area contributed by atoms with Crippen LogP contribution in [0.15, 0.2) is 0 Å². The SMILES string of the molecule is CC(=O)OC[C@H]1O[C@H](F)[C@H](I)[C@@H](OC(C)=O)[C@@H]1OC(C)=O. The van der Waals surface area contributed by atoms with Crippen LogP contribution in [0.3, 0.4) is 0 Å². The van der Waals surface area contributed by atoms with Gasteiger partial charge in [0.15, 0.2) is 12.2 Å². The Morgan fingerprint density at radius 3 is 2.05 bits per heavy atom. The number of hydrogen-bond donors (Lipinski definition) is 0. The molecule has 0 aliphatic carbocycles. The van der Waals surface area contributed by atoms with E-state index in [4.69, 9.17) is 18.9 Å². The van der Waals surface area contributed by atoms with Crippen LogP contribution in [0.25, 0.3) is 0 Å². The fourth-order valence-corrected chi connectivity index (χ4v) is 2.58. The van der Waals surface area contributed by atoms with Crippen LogP contribution in [0.1, 0.15) is 20.8 Å². The van der Waals surface area contributed by atoms with E-state index in [0.29, 0.717) is 0 Å². The van der Waals surface area contributed by atoms with Crippen molar-refractivity contribution in [1.82, 2.24) is 0 Å². The minimum atomic E-state index is -1.75. The van der Waals surface area contributed by atoms with E-state index in [1.807, 2.05) is 0 Å². The molecule has 7 nitrogen and oxygen atoms in total. The van der Waals surface area contributed by atoms with Gasteiger partial charge in [0, 0.05) is 20.8 Å². The summed E-state index contributed by atoms with van der Waals surface area (Å²) in [6.07, 6.45) is -4.89. The van der Waals surface area contributed by atoms with Crippen molar-refractivity contribution >= 4 is 40.5 Å². The molecule has 0 amide bonds. The van der Waals surface area contributed by atoms with E-state index >= 15 is 0 Å². The summed E-state index contributed by atoms with van der Waals surface area (Å²) in [5.74, 6) is -1.87. The van der Waals surface area contributed by atoms with Gasteiger partial charge < -0.3 is 18.9 Å². The molecule has 1 heterocycles. The predicted molar refractivity (Wildman–Crippen MR) is 75.3 cm³/mol. The van der Waals surface area contributed by atoms with Crippen LogP contribution < -0.4 is 0 Å². The fourth-order valence-electron chi connectivity index (χ4n) is 1.85. The average Bonchev–Trinajstić information content (AvgIpc) is 2.35. The molecule has 0 bridgehead atoms. The maximum absolute atomic E-state index is 13.9. The van der Waals surface area contributed by atoms with E-state index in [1.165, 1.54) is 6.92 Å². The molecule has 1 rings (SSSR count). The van der Waals surface area contributed by atoms with E-state index in [9.17, 15) is 18.8 Å². The predicted octanol–water partition coefficient (Wildman–Crippen LogP) is 0.911. The molecule has 9 heteroatoms. The zero-order chi connectivity index (χ0) is 16.2. The van der Waals surface area contributed by atoms with Crippen molar-refractivity contribution in [3.63, 3.8) is 0 Å². The van der Waals surface area contributed by atoms with Gasteiger partial charge >= 0.3 is 17.9 Å². The number of halogens is 2. The molecular weight excluding hydrogens is 402 g/mol. The zero-order valence-electron chi connectivity index (χ0n) is 11.7. The van der Waals surface area contributed by atoms with E-state index in [1.54, 1.807) is 22.6 Å². The second kappa shape index (κ2) is 7.87. The van der Waals surface area contributed by atoms with Gasteiger partial charge in [0.2, 0.25) is 6.36 Å². The summed E-state index contributed by atoms with van der Waals surface area (Å²) >= 11 is 1.72. The molecule has 0 N–H and O–H groups in total. The normalized spacial score (nSPS) is 32.1. The zero-order valence-corrected chi connectivity index (χ0v) is 13.9. The van der Waals surface area contributed by atoms with E-state index < -0.39 is 46.5 Å². The Hall–Kier alpha value is -0.970. The molecule has 0 saturated carbocycles. The standard InChI is InChI=1S/C12H16FIO7/c1-5(15)18-4-8-10(19-6(2)16)11(20-7(3)17)9(14)12(13)21-8/h8-12H,4H2,1-3H3/t8-,9-,10-,11-,12+/m1/s1. The number of ether oxygens (including phenoxy) is 4. The lowest BCUT2D eigenvalue weighted by Crippen LogP contribution is -2.58. The van der Waals surface area contributed by atoms with Crippen molar-refractivity contribution in [2.45, 2.75) is 49.4 Å². The summed E-state index contributed by atoms with van der Waals surface area (Å²) in [5, 5.41) is 0. The lowest BCUT2D eigenvalue weighted by molar-refractivity contribution is -0.229. The molecule has 0 spiro atoms. The molecule has 0 aromatic carbocycles. The van der Waals surface area contributed by atoms with Crippen LogP contribution in [0.2, 0.25) is 0 Å². The molecule has 1 fully saturated rings. The third kappa shape index (κ3) is 5.38. The van der Waals surface area contributed by atoms with Crippen LogP contribution in [-0.4, -0.2) is 53.1 Å². The highest BCUT2D eigenvalue weighted by atomic mass is 127. The van der Waals surface area contributed by atoms with Gasteiger partial charge in [-0.1, -0.05) is 22.6 Å². The first kappa shape index (κ1) is 18.1. The fraction of sp³-hybridized carbons (Fsp3) is 0.750. The van der Waals surface area contributed by atoms with Gasteiger partial charge in [0.25, 0.3) is 0 Å². The maximum atomic E-state index is 13.9. The largest absolute Gasteiger partial charge is 0.463 e. The number of carbonyl (C=O) groups excluding carboxylic acids is 3. The second-order valence-electron chi connectivity index (χ2n) is 4.42. The number of hydrogen-bond acceptors (Lipinski definition) is 7. The Balaban J connectivity index is 2.94. The van der Waals surface area contributed by atoms with Crippen molar-refractivity contribution < 1.29 is 37.7 Å². The minimum absolute atomic E-state index is 0.311. The van der Waals surface area contributed by atoms with Gasteiger partial charge in [0.1, 0.15) is 16.6 Å². The Morgan fingerprint density at radius 1 is 1.05 bits per heavy atom. The van der Waals surface area contributed by atoms with Gasteiger partial charge in [-0.3, -0.25) is 14.4 Å². The molecule has 1 aliphatic rings. The smallest absolute Gasteiger partial charge is 0.303 e. The Labute approximate surface area is 134 Å². The topological polar surface area (TPSA) is 88.1 Å². The average molecular weight is 418 g/mol. The van der Waals surface area contributed by atoms with Gasteiger partial charge in [-0.25, -0.2) is 4.39 Å². The third-order valence-corrected chi connectivity index (χ3v) is 3.89. The Morgan fingerprint density at radius 2 is 1.57 bits per heavy atom. The highest BCUT2D eigenvalue weighted by Crippen LogP contribution is 2.32. The molecule has 0 unspecified atom stereocenters. The van der Waals surface area contributed by atoms with Crippen LogP contribution >= 0.6 is 22.6 Å². The molecule has 0 aromatic heterocycles. The van der Waals surface area contributed by atoms with Crippen LogP contribution in [0, 0.1) is 0 Å². The summed E-state index contributed by atoms with van der Waals surface area (Å²) in [5.41, 5.74) is 0. The lowest BCUT2D eigenvalue weighted by Gasteiger charge is -2.40. The summed E-state index contributed by atoms with van der Waals surface area (Å²) in [7, 11) is 0. The molecule has 0 aromatic rings. The second-order valence-corrected chi connectivity index (χ2v) is 5.86. The molecule has 1 saturated heterocycles. The molecule has 5 atom stereocenters. The van der Waals surface area contributed by atoms with E-state index in [0.717, 1.165) is 13.8 Å². The first-order valence-corrected chi connectivity index (χ1v) is 7.38. The number of carbonyl (C=O) groups is 3. The van der Waals surface area contributed by atoms with Gasteiger partial charge in [0.05, 0.1) is 0 Å². The monoisotopic (exact) mass is 418 g/mol. The summed E-state index contributed by atoms with van der Waals surface area (Å²) in [6.45, 7) is 3.20. The quantitative estimate of drug-likeness (QED) is 0.290. The highest BCUT2D eigenvalue weighted by molar-refractivity contribution is 14.1. The van der Waals surface area contributed by atoms with Gasteiger partial charge in [-0.05, 0) is 0 Å². The molecule has 1 aliphatic heterocycles. The van der Waals surface area contributed by atoms with Crippen molar-refractivity contribution in [2.75, 3.05) is 6.61 Å². The van der Waals surface area contributed by atoms with Crippen LogP contribution in [-0.2, 0) is 33.3 Å². The number of alkyl halides is 2. The minimum Gasteiger partial charge on any atom is -0.463 e. The molecular formula is C12H16FIO7. The van der Waals surface area contributed by atoms with E-state index in [2.05, 4.69) is 0 Å². The van der Waals surface area contributed by atoms with E-state index in [-0.39, 0.29) is 6.61 Å². The Kier molecular flexibility index (Phi) is 6.78. The molecule has 0 radical (unpaired) electrons. The molecule has 21 heavy (non-hydrogen) atoms. The number of esters is 3. The van der Waals surface area contributed by atoms with Crippen LogP contribution in [0.4, 0.5) is 4.39 Å². The lowest BCUT2D eigenvalue weighted by atomic mass is 10.0. The van der Waals surface area contributed by atoms with Gasteiger partial charge in [-0.2, -0.15) is 0 Å². The number of rotatable bonds is 4. The maximum Gasteiger partial charge on any atom is 0.303 e. The first-order valence-electron chi connectivity index (χ1n) is 6.13. The third-order valence-electron chi connectivity index (χ3n) is 2.61. The molecule has 120 valence electrons. The van der Waals surface area contributed by atoms with Crippen molar-refractivity contribution in [1.29, 1.82) is 0 Å². The van der Waals surface area contributed by atoms with Crippen molar-refractivity contribution in [3.8, 4) is 0 Å². The van der Waals surface area contributed by atoms with Crippen molar-refractivity contribution in [3.05, 3.63) is 0 Å². The van der Waals surface area contributed by atoms with Gasteiger partial charge in [-0.15, -0.1) is 0 Å². The summed E-state index contributed by atoms with van der Waals surface area (Å²) in [6, 6.07) is 0. The highest BCUT2D eigenvalue weighted by Gasteiger charge is 2.49. The first-order chi connectivity index (χ1) is 9.72.